The van der Waals surface area contributed by atoms with E-state index in [0.717, 1.165) is 11.1 Å². The topological polar surface area (TPSA) is 64.9 Å². The van der Waals surface area contributed by atoms with Gasteiger partial charge in [0.1, 0.15) is 5.82 Å². The molecule has 0 bridgehead atoms. The van der Waals surface area contributed by atoms with Gasteiger partial charge in [-0.2, -0.15) is 0 Å². The summed E-state index contributed by atoms with van der Waals surface area (Å²) in [6.07, 6.45) is 1.73. The first-order valence-electron chi connectivity index (χ1n) is 3.59. The van der Waals surface area contributed by atoms with E-state index < -0.39 is 0 Å². The highest BCUT2D eigenvalue weighted by atomic mass is 14.8. The average Bonchev–Trinajstić information content (AvgIpc) is 1.85. The zero-order valence-electron chi connectivity index (χ0n) is 6.83. The van der Waals surface area contributed by atoms with Crippen LogP contribution in [0.4, 0.5) is 5.82 Å². The Kier molecular flexibility index (Phi) is 2.10. The van der Waals surface area contributed by atoms with E-state index in [2.05, 4.69) is 4.98 Å². The summed E-state index contributed by atoms with van der Waals surface area (Å²) in [5.74, 6) is 0.548. The van der Waals surface area contributed by atoms with E-state index >= 15 is 0 Å². The quantitative estimate of drug-likeness (QED) is 0.629. The number of pyridine rings is 1. The molecule has 0 spiro atoms. The minimum absolute atomic E-state index is 0.0306. The van der Waals surface area contributed by atoms with Crippen molar-refractivity contribution >= 4 is 5.82 Å². The van der Waals surface area contributed by atoms with Crippen molar-refractivity contribution < 1.29 is 0 Å². The number of rotatable bonds is 1. The second-order valence-electron chi connectivity index (χ2n) is 2.75. The Morgan fingerprint density at radius 1 is 1.55 bits per heavy atom. The van der Waals surface area contributed by atoms with Gasteiger partial charge in [0.25, 0.3) is 0 Å². The normalized spacial score (nSPS) is 13.0. The van der Waals surface area contributed by atoms with E-state index in [1.807, 2.05) is 19.9 Å². The average molecular weight is 151 g/mol. The maximum Gasteiger partial charge on any atom is 0.123 e. The van der Waals surface area contributed by atoms with Crippen LogP contribution in [0.5, 0.6) is 0 Å². The molecule has 0 fully saturated rings. The molecule has 0 aromatic carbocycles. The highest BCUT2D eigenvalue weighted by Gasteiger charge is 2.03. The van der Waals surface area contributed by atoms with Crippen LogP contribution in [-0.4, -0.2) is 4.98 Å². The molecular formula is C8H13N3. The van der Waals surface area contributed by atoms with Crippen LogP contribution in [0.2, 0.25) is 0 Å². The second kappa shape index (κ2) is 2.88. The summed E-state index contributed by atoms with van der Waals surface area (Å²) in [4.78, 5) is 3.96. The number of aryl methyl sites for hydroxylation is 1. The summed E-state index contributed by atoms with van der Waals surface area (Å²) < 4.78 is 0. The van der Waals surface area contributed by atoms with Crippen LogP contribution in [0.15, 0.2) is 12.3 Å². The van der Waals surface area contributed by atoms with Gasteiger partial charge in [-0.05, 0) is 31.0 Å². The van der Waals surface area contributed by atoms with E-state index in [9.17, 15) is 0 Å². The molecule has 0 unspecified atom stereocenters. The van der Waals surface area contributed by atoms with Crippen molar-refractivity contribution in [2.45, 2.75) is 19.9 Å². The Balaban J connectivity index is 3.09. The Bertz CT molecular complexity index is 256. The number of nitrogens with zero attached hydrogens (tertiary/aromatic N) is 1. The lowest BCUT2D eigenvalue weighted by molar-refractivity contribution is 0.803. The zero-order chi connectivity index (χ0) is 8.43. The van der Waals surface area contributed by atoms with Crippen LogP contribution < -0.4 is 11.5 Å². The fourth-order valence-corrected chi connectivity index (χ4v) is 1.07. The van der Waals surface area contributed by atoms with Crippen LogP contribution in [0.3, 0.4) is 0 Å². The molecule has 60 valence electrons. The monoisotopic (exact) mass is 151 g/mol. The Morgan fingerprint density at radius 2 is 2.18 bits per heavy atom. The minimum atomic E-state index is 0.0306. The number of anilines is 1. The minimum Gasteiger partial charge on any atom is -0.384 e. The first-order chi connectivity index (χ1) is 5.11. The lowest BCUT2D eigenvalue weighted by Crippen LogP contribution is -2.08. The van der Waals surface area contributed by atoms with Crippen LogP contribution in [0.25, 0.3) is 0 Å². The first-order valence-corrected chi connectivity index (χ1v) is 3.59. The lowest BCUT2D eigenvalue weighted by atomic mass is 10.1. The van der Waals surface area contributed by atoms with E-state index in [1.54, 1.807) is 6.20 Å². The summed E-state index contributed by atoms with van der Waals surface area (Å²) in [6, 6.07) is 1.86. The van der Waals surface area contributed by atoms with Gasteiger partial charge in [0.2, 0.25) is 0 Å². The van der Waals surface area contributed by atoms with Crippen molar-refractivity contribution in [1.82, 2.24) is 4.98 Å². The summed E-state index contributed by atoms with van der Waals surface area (Å²) in [6.45, 7) is 3.91. The molecule has 0 aliphatic heterocycles. The largest absolute Gasteiger partial charge is 0.384 e. The van der Waals surface area contributed by atoms with Gasteiger partial charge in [0.15, 0.2) is 0 Å². The third-order valence-electron chi connectivity index (χ3n) is 1.66. The van der Waals surface area contributed by atoms with E-state index in [4.69, 9.17) is 11.5 Å². The molecular weight excluding hydrogens is 138 g/mol. The van der Waals surface area contributed by atoms with Crippen LogP contribution >= 0.6 is 0 Å². The predicted octanol–water partition coefficient (Wildman–Crippen LogP) is 0.992. The van der Waals surface area contributed by atoms with Gasteiger partial charge in [-0.3, -0.25) is 0 Å². The molecule has 1 atom stereocenters. The smallest absolute Gasteiger partial charge is 0.123 e. The Labute approximate surface area is 66.4 Å². The molecule has 1 aromatic rings. The van der Waals surface area contributed by atoms with Gasteiger partial charge in [0.05, 0.1) is 0 Å². The SMILES string of the molecule is Cc1cc(N)ncc1[C@@H](C)N. The number of nitrogen functional groups attached to an aromatic ring is 1. The van der Waals surface area contributed by atoms with E-state index in [0.29, 0.717) is 5.82 Å². The molecule has 1 heterocycles. The fourth-order valence-electron chi connectivity index (χ4n) is 1.07. The number of hydrogen-bond acceptors (Lipinski definition) is 3. The summed E-state index contributed by atoms with van der Waals surface area (Å²) in [7, 11) is 0. The van der Waals surface area contributed by atoms with Crippen molar-refractivity contribution in [1.29, 1.82) is 0 Å². The molecule has 11 heavy (non-hydrogen) atoms. The van der Waals surface area contributed by atoms with Gasteiger partial charge in [-0.1, -0.05) is 0 Å². The first kappa shape index (κ1) is 8.01. The number of nitrogens with two attached hydrogens (primary N) is 2. The highest BCUT2D eigenvalue weighted by Crippen LogP contribution is 2.14. The van der Waals surface area contributed by atoms with Gasteiger partial charge in [-0.15, -0.1) is 0 Å². The predicted molar refractivity (Wildman–Crippen MR) is 46.0 cm³/mol. The molecule has 0 aliphatic rings. The molecule has 0 amide bonds. The molecule has 0 aliphatic carbocycles. The van der Waals surface area contributed by atoms with E-state index in [1.165, 1.54) is 0 Å². The lowest BCUT2D eigenvalue weighted by Gasteiger charge is -2.08. The molecule has 0 radical (unpaired) electrons. The summed E-state index contributed by atoms with van der Waals surface area (Å²) >= 11 is 0. The van der Waals surface area contributed by atoms with Crippen molar-refractivity contribution in [2.75, 3.05) is 5.73 Å². The molecule has 0 saturated carbocycles. The van der Waals surface area contributed by atoms with Crippen LogP contribution in [0, 0.1) is 6.92 Å². The molecule has 4 N–H and O–H groups in total. The standard InChI is InChI=1S/C8H13N3/c1-5-3-8(10)11-4-7(5)6(2)9/h3-4,6H,9H2,1-2H3,(H2,10,11)/t6-/m1/s1. The van der Waals surface area contributed by atoms with Gasteiger partial charge < -0.3 is 11.5 Å². The van der Waals surface area contributed by atoms with Gasteiger partial charge in [0, 0.05) is 12.2 Å². The second-order valence-corrected chi connectivity index (χ2v) is 2.75. The Hall–Kier alpha value is -1.09. The van der Waals surface area contributed by atoms with Gasteiger partial charge >= 0.3 is 0 Å². The van der Waals surface area contributed by atoms with Crippen LogP contribution in [0.1, 0.15) is 24.1 Å². The summed E-state index contributed by atoms with van der Waals surface area (Å²) in [5, 5.41) is 0. The van der Waals surface area contributed by atoms with Gasteiger partial charge in [-0.25, -0.2) is 4.98 Å². The molecule has 3 heteroatoms. The van der Waals surface area contributed by atoms with Crippen LogP contribution in [-0.2, 0) is 0 Å². The molecule has 1 rings (SSSR count). The zero-order valence-corrected chi connectivity index (χ0v) is 6.83. The third kappa shape index (κ3) is 1.68. The maximum absolute atomic E-state index is 5.68. The molecule has 0 saturated heterocycles. The third-order valence-corrected chi connectivity index (χ3v) is 1.66. The highest BCUT2D eigenvalue weighted by molar-refractivity contribution is 5.37. The fraction of sp³-hybridized carbons (Fsp3) is 0.375. The molecule has 3 nitrogen and oxygen atoms in total. The van der Waals surface area contributed by atoms with E-state index in [-0.39, 0.29) is 6.04 Å². The van der Waals surface area contributed by atoms with Crippen molar-refractivity contribution in [3.8, 4) is 0 Å². The molecule has 1 aromatic heterocycles. The Morgan fingerprint density at radius 3 is 2.64 bits per heavy atom. The number of hydrogen-bond donors (Lipinski definition) is 2. The van der Waals surface area contributed by atoms with Crippen molar-refractivity contribution in [3.63, 3.8) is 0 Å². The maximum atomic E-state index is 5.68. The number of aromatic nitrogens is 1. The van der Waals surface area contributed by atoms with Crippen molar-refractivity contribution in [3.05, 3.63) is 23.4 Å². The van der Waals surface area contributed by atoms with Crippen molar-refractivity contribution in [2.24, 2.45) is 5.73 Å². The summed E-state index contributed by atoms with van der Waals surface area (Å²) in [5.41, 5.74) is 13.3.